The van der Waals surface area contributed by atoms with Gasteiger partial charge in [-0.1, -0.05) is 38.1 Å². The summed E-state index contributed by atoms with van der Waals surface area (Å²) in [6, 6.07) is 14.5. The number of carboxylic acids is 1. The molecule has 0 radical (unpaired) electrons. The van der Waals surface area contributed by atoms with Crippen LogP contribution in [0.3, 0.4) is 0 Å². The number of benzene rings is 2. The first kappa shape index (κ1) is 19.3. The Hall–Kier alpha value is -4.00. The first-order valence-electron chi connectivity index (χ1n) is 9.51. The summed E-state index contributed by atoms with van der Waals surface area (Å²) in [6.45, 7) is 3.54. The molecular formula is C23H20N4O3. The lowest BCUT2D eigenvalue weighted by molar-refractivity contribution is -0.118. The van der Waals surface area contributed by atoms with Crippen LogP contribution in [0.1, 0.15) is 24.2 Å². The maximum atomic E-state index is 12.0. The van der Waals surface area contributed by atoms with Crippen molar-refractivity contribution < 1.29 is 14.7 Å². The highest BCUT2D eigenvalue weighted by Gasteiger charge is 2.14. The van der Waals surface area contributed by atoms with E-state index in [2.05, 4.69) is 20.3 Å². The summed E-state index contributed by atoms with van der Waals surface area (Å²) in [5.74, 6) is -0.919. The fourth-order valence-corrected chi connectivity index (χ4v) is 3.07. The highest BCUT2D eigenvalue weighted by atomic mass is 16.4. The summed E-state index contributed by atoms with van der Waals surface area (Å²) in [5, 5.41) is 14.3. The van der Waals surface area contributed by atoms with Crippen molar-refractivity contribution in [3.05, 3.63) is 66.5 Å². The average Bonchev–Trinajstić information content (AvgIpc) is 3.23. The van der Waals surface area contributed by atoms with Gasteiger partial charge in [-0.25, -0.2) is 9.78 Å². The number of pyridine rings is 1. The average molecular weight is 400 g/mol. The second-order valence-electron chi connectivity index (χ2n) is 7.30. The molecule has 1 amide bonds. The van der Waals surface area contributed by atoms with Gasteiger partial charge in [0.2, 0.25) is 5.91 Å². The van der Waals surface area contributed by atoms with Crippen LogP contribution in [0.5, 0.6) is 0 Å². The van der Waals surface area contributed by atoms with Crippen molar-refractivity contribution in [3.63, 3.8) is 0 Å². The largest absolute Gasteiger partial charge is 0.478 e. The molecule has 150 valence electrons. The SMILES string of the molecule is CC(C)C(=O)Nc1cc(C(=O)O)cc(-c2c[nH]c(-c3cc4ccccc4cn3)n2)c1. The number of nitrogens with zero attached hydrogens (tertiary/aromatic N) is 2. The molecule has 0 saturated carbocycles. The van der Waals surface area contributed by atoms with Gasteiger partial charge in [-0.3, -0.25) is 9.78 Å². The number of hydrogen-bond donors (Lipinski definition) is 3. The second kappa shape index (κ2) is 7.79. The number of anilines is 1. The van der Waals surface area contributed by atoms with Gasteiger partial charge >= 0.3 is 5.97 Å². The van der Waals surface area contributed by atoms with Crippen LogP contribution in [0.25, 0.3) is 33.5 Å². The maximum absolute atomic E-state index is 12.0. The Morgan fingerprint density at radius 1 is 1.03 bits per heavy atom. The maximum Gasteiger partial charge on any atom is 0.335 e. The molecule has 7 nitrogen and oxygen atoms in total. The van der Waals surface area contributed by atoms with E-state index in [0.717, 1.165) is 10.8 Å². The zero-order valence-electron chi connectivity index (χ0n) is 16.5. The third kappa shape index (κ3) is 3.91. The predicted octanol–water partition coefficient (Wildman–Crippen LogP) is 4.58. The molecule has 2 aromatic carbocycles. The summed E-state index contributed by atoms with van der Waals surface area (Å²) in [4.78, 5) is 35.8. The zero-order chi connectivity index (χ0) is 21.3. The Labute approximate surface area is 172 Å². The minimum Gasteiger partial charge on any atom is -0.478 e. The van der Waals surface area contributed by atoms with Gasteiger partial charge in [-0.05, 0) is 29.7 Å². The Kier molecular flexibility index (Phi) is 5.02. The normalized spacial score (nSPS) is 11.0. The monoisotopic (exact) mass is 400 g/mol. The molecule has 30 heavy (non-hydrogen) atoms. The van der Waals surface area contributed by atoms with Gasteiger partial charge in [-0.2, -0.15) is 0 Å². The summed E-state index contributed by atoms with van der Waals surface area (Å²) < 4.78 is 0. The highest BCUT2D eigenvalue weighted by Crippen LogP contribution is 2.27. The van der Waals surface area contributed by atoms with Crippen molar-refractivity contribution in [2.45, 2.75) is 13.8 Å². The Bertz CT molecular complexity index is 1260. The van der Waals surface area contributed by atoms with E-state index in [4.69, 9.17) is 0 Å². The molecule has 4 rings (SSSR count). The van der Waals surface area contributed by atoms with E-state index in [-0.39, 0.29) is 17.4 Å². The van der Waals surface area contributed by atoms with Gasteiger partial charge in [0.25, 0.3) is 0 Å². The predicted molar refractivity (Wildman–Crippen MR) is 115 cm³/mol. The second-order valence-corrected chi connectivity index (χ2v) is 7.30. The number of hydrogen-bond acceptors (Lipinski definition) is 4. The van der Waals surface area contributed by atoms with E-state index < -0.39 is 5.97 Å². The van der Waals surface area contributed by atoms with E-state index in [1.807, 2.05) is 30.3 Å². The van der Waals surface area contributed by atoms with Gasteiger partial charge in [0, 0.05) is 34.9 Å². The highest BCUT2D eigenvalue weighted by molar-refractivity contribution is 5.96. The standard InChI is InChI=1S/C23H20N4O3/c1-13(2)22(28)26-18-8-16(7-17(9-18)23(29)30)20-12-25-21(27-20)19-10-14-5-3-4-6-15(14)11-24-19/h3-13H,1-2H3,(H,25,27)(H,26,28)(H,29,30). The third-order valence-corrected chi connectivity index (χ3v) is 4.72. The van der Waals surface area contributed by atoms with Crippen LogP contribution in [-0.4, -0.2) is 31.9 Å². The molecule has 2 heterocycles. The zero-order valence-corrected chi connectivity index (χ0v) is 16.5. The molecule has 0 unspecified atom stereocenters. The number of H-pyrrole nitrogens is 1. The van der Waals surface area contributed by atoms with E-state index >= 15 is 0 Å². The first-order valence-corrected chi connectivity index (χ1v) is 9.51. The van der Waals surface area contributed by atoms with Crippen LogP contribution >= 0.6 is 0 Å². The van der Waals surface area contributed by atoms with Crippen molar-refractivity contribution in [2.75, 3.05) is 5.32 Å². The van der Waals surface area contributed by atoms with Crippen molar-refractivity contribution in [1.82, 2.24) is 15.0 Å². The number of aromatic amines is 1. The van der Waals surface area contributed by atoms with Gasteiger partial charge in [0.05, 0.1) is 11.3 Å². The van der Waals surface area contributed by atoms with Crippen molar-refractivity contribution >= 4 is 28.3 Å². The number of carbonyl (C=O) groups excluding carboxylic acids is 1. The van der Waals surface area contributed by atoms with Crippen molar-refractivity contribution in [1.29, 1.82) is 0 Å². The number of carbonyl (C=O) groups is 2. The third-order valence-electron chi connectivity index (χ3n) is 4.72. The quantitative estimate of drug-likeness (QED) is 0.454. The molecule has 4 aromatic rings. The molecule has 0 atom stereocenters. The lowest BCUT2D eigenvalue weighted by atomic mass is 10.1. The lowest BCUT2D eigenvalue weighted by Gasteiger charge is -2.10. The van der Waals surface area contributed by atoms with Crippen LogP contribution in [0, 0.1) is 5.92 Å². The van der Waals surface area contributed by atoms with Gasteiger partial charge < -0.3 is 15.4 Å². The fourth-order valence-electron chi connectivity index (χ4n) is 3.07. The number of aromatic carboxylic acids is 1. The number of carboxylic acid groups (broad SMARTS) is 1. The van der Waals surface area contributed by atoms with E-state index in [9.17, 15) is 14.7 Å². The van der Waals surface area contributed by atoms with Crippen molar-refractivity contribution in [2.24, 2.45) is 5.92 Å². The van der Waals surface area contributed by atoms with Crippen LogP contribution in [0.2, 0.25) is 0 Å². The number of amides is 1. The molecule has 0 spiro atoms. The lowest BCUT2D eigenvalue weighted by Crippen LogP contribution is -2.18. The molecule has 0 aliphatic heterocycles. The Morgan fingerprint density at radius 2 is 1.80 bits per heavy atom. The smallest absolute Gasteiger partial charge is 0.335 e. The summed E-state index contributed by atoms with van der Waals surface area (Å²) >= 11 is 0. The van der Waals surface area contributed by atoms with Gasteiger partial charge in [0.1, 0.15) is 5.69 Å². The van der Waals surface area contributed by atoms with E-state index in [0.29, 0.717) is 28.5 Å². The number of fused-ring (bicyclic) bond motifs is 1. The topological polar surface area (TPSA) is 108 Å². The van der Waals surface area contributed by atoms with Crippen LogP contribution in [0.4, 0.5) is 5.69 Å². The number of nitrogens with one attached hydrogen (secondary N) is 2. The molecule has 7 heteroatoms. The molecule has 3 N–H and O–H groups in total. The minimum atomic E-state index is -1.08. The van der Waals surface area contributed by atoms with Crippen molar-refractivity contribution in [3.8, 4) is 22.8 Å². The molecule has 0 bridgehead atoms. The molecule has 0 aliphatic carbocycles. The van der Waals surface area contributed by atoms with E-state index in [1.165, 1.54) is 12.1 Å². The minimum absolute atomic E-state index is 0.0694. The molecule has 0 aliphatic rings. The van der Waals surface area contributed by atoms with Crippen LogP contribution in [-0.2, 0) is 4.79 Å². The molecular weight excluding hydrogens is 380 g/mol. The Morgan fingerprint density at radius 3 is 2.53 bits per heavy atom. The summed E-state index contributed by atoms with van der Waals surface area (Å²) in [7, 11) is 0. The van der Waals surface area contributed by atoms with E-state index in [1.54, 1.807) is 32.3 Å². The fraction of sp³-hybridized carbons (Fsp3) is 0.130. The molecule has 0 fully saturated rings. The van der Waals surface area contributed by atoms with Crippen LogP contribution in [0.15, 0.2) is 60.9 Å². The number of imidazole rings is 1. The summed E-state index contributed by atoms with van der Waals surface area (Å²) in [5.41, 5.74) is 2.31. The molecule has 2 aromatic heterocycles. The first-order chi connectivity index (χ1) is 14.4. The number of aromatic nitrogens is 3. The van der Waals surface area contributed by atoms with Gasteiger partial charge in [0.15, 0.2) is 5.82 Å². The Balaban J connectivity index is 1.71. The molecule has 0 saturated heterocycles. The van der Waals surface area contributed by atoms with Gasteiger partial charge in [-0.15, -0.1) is 0 Å². The van der Waals surface area contributed by atoms with Crippen LogP contribution < -0.4 is 5.32 Å². The summed E-state index contributed by atoms with van der Waals surface area (Å²) in [6.07, 6.45) is 3.48. The number of rotatable bonds is 5.